The van der Waals surface area contributed by atoms with E-state index < -0.39 is 21.9 Å². The lowest BCUT2D eigenvalue weighted by Crippen LogP contribution is -2.08. The van der Waals surface area contributed by atoms with Crippen LogP contribution < -0.4 is 0 Å². The molecular formula is C17H17F3O3S. The highest BCUT2D eigenvalue weighted by Gasteiger charge is 2.29. The highest BCUT2D eigenvalue weighted by molar-refractivity contribution is 7.86. The molecule has 7 heteroatoms. The molecule has 0 aliphatic rings. The molecule has 2 aromatic carbocycles. The average Bonchev–Trinajstić information content (AvgIpc) is 2.52. The molecule has 0 aromatic heterocycles. The minimum atomic E-state index is -4.36. The van der Waals surface area contributed by atoms with Gasteiger partial charge in [0.1, 0.15) is 0 Å². The van der Waals surface area contributed by atoms with Crippen molar-refractivity contribution >= 4 is 10.1 Å². The first-order valence-corrected chi connectivity index (χ1v) is 8.71. The van der Waals surface area contributed by atoms with Crippen molar-refractivity contribution in [3.8, 4) is 0 Å². The van der Waals surface area contributed by atoms with Crippen molar-refractivity contribution in [2.24, 2.45) is 0 Å². The van der Waals surface area contributed by atoms with Gasteiger partial charge in [-0.05, 0) is 49.6 Å². The highest BCUT2D eigenvalue weighted by Crippen LogP contribution is 2.29. The maximum absolute atomic E-state index is 12.5. The summed E-state index contributed by atoms with van der Waals surface area (Å²) >= 11 is 0. The van der Waals surface area contributed by atoms with Crippen molar-refractivity contribution in [1.82, 2.24) is 0 Å². The van der Waals surface area contributed by atoms with E-state index in [1.165, 1.54) is 24.3 Å². The lowest BCUT2D eigenvalue weighted by atomic mass is 10.1. The van der Waals surface area contributed by atoms with Crippen LogP contribution in [0.4, 0.5) is 13.2 Å². The Morgan fingerprint density at radius 1 is 0.958 bits per heavy atom. The topological polar surface area (TPSA) is 43.4 Å². The smallest absolute Gasteiger partial charge is 0.266 e. The Morgan fingerprint density at radius 3 is 2.08 bits per heavy atom. The van der Waals surface area contributed by atoms with Gasteiger partial charge in [0, 0.05) is 0 Å². The molecule has 2 aromatic rings. The second kappa shape index (κ2) is 7.36. The Bertz CT molecular complexity index is 764. The summed E-state index contributed by atoms with van der Waals surface area (Å²) in [5.74, 6) is 0. The van der Waals surface area contributed by atoms with E-state index in [0.29, 0.717) is 18.4 Å². The Balaban J connectivity index is 1.85. The predicted molar refractivity (Wildman–Crippen MR) is 84.1 cm³/mol. The first-order chi connectivity index (χ1) is 11.2. The van der Waals surface area contributed by atoms with Crippen LogP contribution in [0.3, 0.4) is 0 Å². The molecule has 0 unspecified atom stereocenters. The molecule has 0 aliphatic heterocycles. The first-order valence-electron chi connectivity index (χ1n) is 7.31. The van der Waals surface area contributed by atoms with Crippen LogP contribution in [0, 0.1) is 6.92 Å². The quantitative estimate of drug-likeness (QED) is 0.569. The number of hydrogen-bond donors (Lipinski definition) is 0. The Labute approximate surface area is 139 Å². The summed E-state index contributed by atoms with van der Waals surface area (Å²) in [4.78, 5) is 0.0858. The third-order valence-electron chi connectivity index (χ3n) is 3.44. The monoisotopic (exact) mass is 358 g/mol. The average molecular weight is 358 g/mol. The van der Waals surface area contributed by atoms with Crippen molar-refractivity contribution in [2.75, 3.05) is 6.61 Å². The van der Waals surface area contributed by atoms with E-state index in [4.69, 9.17) is 4.18 Å². The van der Waals surface area contributed by atoms with Crippen molar-refractivity contribution in [3.63, 3.8) is 0 Å². The number of hydrogen-bond acceptors (Lipinski definition) is 3. The van der Waals surface area contributed by atoms with Crippen LogP contribution in [0.1, 0.15) is 23.1 Å². The summed E-state index contributed by atoms with van der Waals surface area (Å²) in [6.07, 6.45) is -3.54. The van der Waals surface area contributed by atoms with Crippen LogP contribution in [0.25, 0.3) is 0 Å². The Hall–Kier alpha value is -1.86. The highest BCUT2D eigenvalue weighted by atomic mass is 32.2. The molecule has 0 radical (unpaired) electrons. The molecule has 0 bridgehead atoms. The number of alkyl halides is 3. The van der Waals surface area contributed by atoms with Crippen molar-refractivity contribution < 1.29 is 25.8 Å². The lowest BCUT2D eigenvalue weighted by molar-refractivity contribution is -0.137. The van der Waals surface area contributed by atoms with E-state index in [1.807, 2.05) is 6.92 Å². The van der Waals surface area contributed by atoms with Crippen molar-refractivity contribution in [1.29, 1.82) is 0 Å². The molecule has 0 saturated carbocycles. The van der Waals surface area contributed by atoms with E-state index in [9.17, 15) is 21.6 Å². The van der Waals surface area contributed by atoms with E-state index >= 15 is 0 Å². The summed E-state index contributed by atoms with van der Waals surface area (Å²) in [7, 11) is -3.81. The molecule has 0 spiro atoms. The molecule has 2 rings (SSSR count). The van der Waals surface area contributed by atoms with Gasteiger partial charge < -0.3 is 0 Å². The minimum absolute atomic E-state index is 0.0305. The normalized spacial score (nSPS) is 12.3. The number of rotatable bonds is 6. The molecule has 0 fully saturated rings. The molecule has 0 saturated heterocycles. The summed E-state index contributed by atoms with van der Waals surface area (Å²) in [6, 6.07) is 11.1. The summed E-state index contributed by atoms with van der Waals surface area (Å²) in [5, 5.41) is 0. The molecular weight excluding hydrogens is 341 g/mol. The van der Waals surface area contributed by atoms with E-state index in [2.05, 4.69) is 0 Å². The zero-order valence-electron chi connectivity index (χ0n) is 13.0. The summed E-state index contributed by atoms with van der Waals surface area (Å²) in [5.41, 5.74) is 0.931. The fourth-order valence-corrected chi connectivity index (χ4v) is 3.02. The molecule has 24 heavy (non-hydrogen) atoms. The van der Waals surface area contributed by atoms with Gasteiger partial charge in [0.25, 0.3) is 10.1 Å². The van der Waals surface area contributed by atoms with Crippen molar-refractivity contribution in [2.45, 2.75) is 30.8 Å². The molecule has 3 nitrogen and oxygen atoms in total. The largest absolute Gasteiger partial charge is 0.416 e. The van der Waals surface area contributed by atoms with Crippen LogP contribution >= 0.6 is 0 Å². The van der Waals surface area contributed by atoms with Gasteiger partial charge in [0.2, 0.25) is 0 Å². The van der Waals surface area contributed by atoms with Gasteiger partial charge in [-0.1, -0.05) is 29.8 Å². The Kier molecular flexibility index (Phi) is 5.66. The number of benzene rings is 2. The van der Waals surface area contributed by atoms with E-state index in [0.717, 1.165) is 17.7 Å². The lowest BCUT2D eigenvalue weighted by Gasteiger charge is -2.08. The van der Waals surface area contributed by atoms with Gasteiger partial charge in [-0.2, -0.15) is 21.6 Å². The van der Waals surface area contributed by atoms with E-state index in [1.54, 1.807) is 12.1 Å². The Morgan fingerprint density at radius 2 is 1.54 bits per heavy atom. The van der Waals surface area contributed by atoms with Crippen LogP contribution in [-0.2, 0) is 26.9 Å². The molecule has 0 aliphatic carbocycles. The number of halogens is 3. The molecule has 130 valence electrons. The summed E-state index contributed by atoms with van der Waals surface area (Å²) in [6.45, 7) is 1.82. The molecule has 0 atom stereocenters. The molecule has 0 amide bonds. The maximum atomic E-state index is 12.5. The number of aryl methyl sites for hydroxylation is 2. The fourth-order valence-electron chi connectivity index (χ4n) is 2.08. The zero-order valence-corrected chi connectivity index (χ0v) is 13.8. The van der Waals surface area contributed by atoms with Crippen LogP contribution in [-0.4, -0.2) is 15.0 Å². The van der Waals surface area contributed by atoms with Crippen LogP contribution in [0.15, 0.2) is 53.4 Å². The third-order valence-corrected chi connectivity index (χ3v) is 4.77. The second-order valence-electron chi connectivity index (χ2n) is 5.39. The maximum Gasteiger partial charge on any atom is 0.416 e. The summed E-state index contributed by atoms with van der Waals surface area (Å²) < 4.78 is 66.2. The van der Waals surface area contributed by atoms with Gasteiger partial charge >= 0.3 is 6.18 Å². The minimum Gasteiger partial charge on any atom is -0.266 e. The molecule has 0 heterocycles. The van der Waals surface area contributed by atoms with Gasteiger partial charge in [-0.3, -0.25) is 4.18 Å². The van der Waals surface area contributed by atoms with Gasteiger partial charge in [-0.25, -0.2) is 0 Å². The SMILES string of the molecule is Cc1ccc(S(=O)(=O)OCCCc2ccc(C(F)(F)F)cc2)cc1. The molecule has 0 N–H and O–H groups in total. The third kappa shape index (κ3) is 5.07. The van der Waals surface area contributed by atoms with E-state index in [-0.39, 0.29) is 11.5 Å². The zero-order chi connectivity index (χ0) is 17.8. The van der Waals surface area contributed by atoms with Gasteiger partial charge in [0.15, 0.2) is 0 Å². The van der Waals surface area contributed by atoms with Gasteiger partial charge in [-0.15, -0.1) is 0 Å². The predicted octanol–water partition coefficient (Wildman–Crippen LogP) is 4.35. The van der Waals surface area contributed by atoms with Crippen LogP contribution in [0.2, 0.25) is 0 Å². The van der Waals surface area contributed by atoms with Gasteiger partial charge in [0.05, 0.1) is 17.1 Å². The first kappa shape index (κ1) is 18.5. The van der Waals surface area contributed by atoms with Crippen molar-refractivity contribution in [3.05, 3.63) is 65.2 Å². The van der Waals surface area contributed by atoms with Crippen LogP contribution in [0.5, 0.6) is 0 Å². The fraction of sp³-hybridized carbons (Fsp3) is 0.294. The second-order valence-corrected chi connectivity index (χ2v) is 7.00. The standard InChI is InChI=1S/C17H17F3O3S/c1-13-4-10-16(11-5-13)24(21,22)23-12-2-3-14-6-8-15(9-7-14)17(18,19)20/h4-11H,2-3,12H2,1H3.